The van der Waals surface area contributed by atoms with E-state index < -0.39 is 17.7 Å². The molecule has 0 spiro atoms. The van der Waals surface area contributed by atoms with Crippen LogP contribution in [0.15, 0.2) is 18.2 Å². The first-order chi connectivity index (χ1) is 9.78. The third kappa shape index (κ3) is 3.72. The van der Waals surface area contributed by atoms with E-state index in [1.54, 1.807) is 39.0 Å². The van der Waals surface area contributed by atoms with Crippen LogP contribution in [0.25, 0.3) is 0 Å². The van der Waals surface area contributed by atoms with Crippen molar-refractivity contribution in [2.24, 2.45) is 0 Å². The Labute approximate surface area is 123 Å². The van der Waals surface area contributed by atoms with Gasteiger partial charge in [0.2, 0.25) is 5.91 Å². The van der Waals surface area contributed by atoms with Crippen molar-refractivity contribution in [3.63, 3.8) is 0 Å². The van der Waals surface area contributed by atoms with Gasteiger partial charge in [0.05, 0.1) is 11.6 Å². The third-order valence-electron chi connectivity index (χ3n) is 2.92. The molecule has 1 heterocycles. The largest absolute Gasteiger partial charge is 0.444 e. The van der Waals surface area contributed by atoms with E-state index in [1.165, 1.54) is 0 Å². The van der Waals surface area contributed by atoms with Crippen LogP contribution in [0.5, 0.6) is 0 Å². The number of benzene rings is 1. The zero-order valence-corrected chi connectivity index (χ0v) is 12.2. The number of hydrogen-bond acceptors (Lipinski definition) is 4. The average Bonchev–Trinajstić information content (AvgIpc) is 2.37. The van der Waals surface area contributed by atoms with Crippen LogP contribution >= 0.6 is 0 Å². The second-order valence-electron chi connectivity index (χ2n) is 5.88. The smallest absolute Gasteiger partial charge is 0.408 e. The number of nitrogens with zero attached hydrogens (tertiary/aromatic N) is 1. The Balaban J connectivity index is 2.11. The fraction of sp³-hybridized carbons (Fsp3) is 0.400. The summed E-state index contributed by atoms with van der Waals surface area (Å²) >= 11 is 0. The first-order valence-electron chi connectivity index (χ1n) is 6.62. The maximum absolute atomic E-state index is 12.0. The number of alkyl carbamates (subject to hydrolysis) is 1. The average molecular weight is 287 g/mol. The summed E-state index contributed by atoms with van der Waals surface area (Å²) in [6.07, 6.45) is -0.307. The number of carbonyl (C=O) groups is 2. The van der Waals surface area contributed by atoms with Gasteiger partial charge in [-0.15, -0.1) is 0 Å². The second kappa shape index (κ2) is 5.44. The van der Waals surface area contributed by atoms with E-state index >= 15 is 0 Å². The van der Waals surface area contributed by atoms with Crippen molar-refractivity contribution >= 4 is 17.7 Å². The molecule has 0 bridgehead atoms. The zero-order valence-electron chi connectivity index (χ0n) is 12.2. The van der Waals surface area contributed by atoms with Crippen LogP contribution in [0.2, 0.25) is 0 Å². The Morgan fingerprint density at radius 1 is 1.48 bits per heavy atom. The first-order valence-corrected chi connectivity index (χ1v) is 6.62. The molecule has 110 valence electrons. The van der Waals surface area contributed by atoms with Gasteiger partial charge in [-0.05, 0) is 44.5 Å². The van der Waals surface area contributed by atoms with Gasteiger partial charge >= 0.3 is 6.09 Å². The summed E-state index contributed by atoms with van der Waals surface area (Å²) in [7, 11) is 0. The van der Waals surface area contributed by atoms with Gasteiger partial charge in [-0.25, -0.2) is 4.79 Å². The maximum Gasteiger partial charge on any atom is 0.408 e. The highest BCUT2D eigenvalue weighted by Gasteiger charge is 2.29. The lowest BCUT2D eigenvalue weighted by molar-refractivity contribution is -0.118. The van der Waals surface area contributed by atoms with Gasteiger partial charge in [-0.3, -0.25) is 4.79 Å². The van der Waals surface area contributed by atoms with Crippen LogP contribution in [-0.4, -0.2) is 23.6 Å². The van der Waals surface area contributed by atoms with Crippen molar-refractivity contribution in [1.29, 1.82) is 5.26 Å². The van der Waals surface area contributed by atoms with Crippen LogP contribution in [0.1, 0.15) is 31.9 Å². The van der Waals surface area contributed by atoms with Gasteiger partial charge in [0, 0.05) is 12.1 Å². The lowest BCUT2D eigenvalue weighted by Gasteiger charge is -2.27. The highest BCUT2D eigenvalue weighted by molar-refractivity contribution is 5.99. The van der Waals surface area contributed by atoms with Crippen LogP contribution in [0.4, 0.5) is 10.5 Å². The Morgan fingerprint density at radius 3 is 2.81 bits per heavy atom. The minimum absolute atomic E-state index is 0.293. The van der Waals surface area contributed by atoms with E-state index in [1.807, 2.05) is 0 Å². The lowest BCUT2D eigenvalue weighted by Crippen LogP contribution is -2.49. The summed E-state index contributed by atoms with van der Waals surface area (Å²) in [5, 5.41) is 14.2. The van der Waals surface area contributed by atoms with Crippen molar-refractivity contribution in [1.82, 2.24) is 5.32 Å². The topological polar surface area (TPSA) is 91.2 Å². The minimum Gasteiger partial charge on any atom is -0.444 e. The molecule has 1 aliphatic heterocycles. The molecular formula is C15H17N3O3. The maximum atomic E-state index is 12.0. The summed E-state index contributed by atoms with van der Waals surface area (Å²) in [6, 6.07) is 6.38. The molecule has 1 aliphatic rings. The molecule has 21 heavy (non-hydrogen) atoms. The molecule has 0 saturated carbocycles. The van der Waals surface area contributed by atoms with Crippen LogP contribution in [0, 0.1) is 11.3 Å². The molecule has 0 fully saturated rings. The van der Waals surface area contributed by atoms with E-state index in [-0.39, 0.29) is 5.91 Å². The number of nitrogens with one attached hydrogen (secondary N) is 2. The molecule has 2 N–H and O–H groups in total. The Hall–Kier alpha value is -2.55. The van der Waals surface area contributed by atoms with Gasteiger partial charge < -0.3 is 15.4 Å². The first kappa shape index (κ1) is 14.9. The highest BCUT2D eigenvalue weighted by atomic mass is 16.6. The van der Waals surface area contributed by atoms with E-state index in [9.17, 15) is 9.59 Å². The van der Waals surface area contributed by atoms with Crippen LogP contribution in [-0.2, 0) is 16.0 Å². The van der Waals surface area contributed by atoms with Crippen molar-refractivity contribution in [2.45, 2.75) is 38.8 Å². The summed E-state index contributed by atoms with van der Waals surface area (Å²) in [6.45, 7) is 5.26. The van der Waals surface area contributed by atoms with Gasteiger partial charge in [-0.2, -0.15) is 5.26 Å². The third-order valence-corrected chi connectivity index (χ3v) is 2.92. The predicted molar refractivity (Wildman–Crippen MR) is 76.6 cm³/mol. The number of nitriles is 1. The molecular weight excluding hydrogens is 270 g/mol. The number of rotatable bonds is 1. The Kier molecular flexibility index (Phi) is 3.85. The van der Waals surface area contributed by atoms with Gasteiger partial charge in [-0.1, -0.05) is 0 Å². The number of hydrogen-bond donors (Lipinski definition) is 2. The van der Waals surface area contributed by atoms with Gasteiger partial charge in [0.1, 0.15) is 11.6 Å². The van der Waals surface area contributed by atoms with E-state index in [0.717, 1.165) is 5.56 Å². The van der Waals surface area contributed by atoms with Crippen molar-refractivity contribution in [3.05, 3.63) is 29.3 Å². The summed E-state index contributed by atoms with van der Waals surface area (Å²) in [4.78, 5) is 23.7. The van der Waals surface area contributed by atoms with Gasteiger partial charge in [0.15, 0.2) is 0 Å². The molecule has 6 heteroatoms. The van der Waals surface area contributed by atoms with Crippen molar-refractivity contribution in [2.75, 3.05) is 5.32 Å². The number of anilines is 1. The van der Waals surface area contributed by atoms with Crippen molar-refractivity contribution in [3.8, 4) is 6.07 Å². The monoisotopic (exact) mass is 287 g/mol. The molecule has 2 amide bonds. The molecule has 6 nitrogen and oxygen atoms in total. The SMILES string of the molecule is CC(C)(C)OC(=O)NC1Cc2cc(C#N)ccc2NC1=O. The molecule has 1 atom stereocenters. The van der Waals surface area contributed by atoms with Gasteiger partial charge in [0.25, 0.3) is 0 Å². The number of fused-ring (bicyclic) bond motifs is 1. The summed E-state index contributed by atoms with van der Waals surface area (Å²) in [5.41, 5.74) is 1.37. The molecule has 0 saturated heterocycles. The number of amides is 2. The highest BCUT2D eigenvalue weighted by Crippen LogP contribution is 2.23. The molecule has 1 aromatic rings. The quantitative estimate of drug-likeness (QED) is 0.825. The number of ether oxygens (including phenoxy) is 1. The predicted octanol–water partition coefficient (Wildman–Crippen LogP) is 1.95. The fourth-order valence-corrected chi connectivity index (χ4v) is 2.05. The minimum atomic E-state index is -0.707. The van der Waals surface area contributed by atoms with E-state index in [0.29, 0.717) is 17.7 Å². The van der Waals surface area contributed by atoms with E-state index in [2.05, 4.69) is 16.7 Å². The fourth-order valence-electron chi connectivity index (χ4n) is 2.05. The van der Waals surface area contributed by atoms with Crippen molar-refractivity contribution < 1.29 is 14.3 Å². The molecule has 1 aromatic carbocycles. The normalized spacial score (nSPS) is 17.2. The van der Waals surface area contributed by atoms with E-state index in [4.69, 9.17) is 10.00 Å². The molecule has 0 aliphatic carbocycles. The standard InChI is InChI=1S/C15H17N3O3/c1-15(2,3)21-14(20)18-12-7-10-6-9(8-16)4-5-11(10)17-13(12)19/h4-6,12H,7H2,1-3H3,(H,17,19)(H,18,20). The second-order valence-corrected chi connectivity index (χ2v) is 5.88. The Morgan fingerprint density at radius 2 is 2.19 bits per heavy atom. The van der Waals surface area contributed by atoms with Crippen LogP contribution < -0.4 is 10.6 Å². The summed E-state index contributed by atoms with van der Waals surface area (Å²) < 4.78 is 5.14. The zero-order chi connectivity index (χ0) is 15.6. The summed E-state index contributed by atoms with van der Waals surface area (Å²) in [5.74, 6) is -0.293. The molecule has 0 radical (unpaired) electrons. The molecule has 1 unspecified atom stereocenters. The molecule has 2 rings (SSSR count). The number of carbonyl (C=O) groups excluding carboxylic acids is 2. The van der Waals surface area contributed by atoms with Crippen LogP contribution in [0.3, 0.4) is 0 Å². The Bertz CT molecular complexity index is 626. The lowest BCUT2D eigenvalue weighted by atomic mass is 9.97. The molecule has 0 aromatic heterocycles.